The molecule has 6 aromatic carbocycles. The zero-order chi connectivity index (χ0) is 64.4. The van der Waals surface area contributed by atoms with Crippen molar-refractivity contribution >= 4 is 35.1 Å². The van der Waals surface area contributed by atoms with E-state index in [0.29, 0.717) is 92.2 Å². The fourth-order valence-corrected chi connectivity index (χ4v) is 11.6. The van der Waals surface area contributed by atoms with Crippen molar-refractivity contribution in [1.29, 1.82) is 0 Å². The van der Waals surface area contributed by atoms with E-state index in [-0.39, 0.29) is 62.4 Å². The minimum Gasteiger partial charge on any atom is -0.494 e. The molecule has 2 amide bonds. The van der Waals surface area contributed by atoms with Gasteiger partial charge in [0.25, 0.3) is 11.8 Å². The number of aromatic nitrogens is 2. The largest absolute Gasteiger partial charge is 0.494 e. The van der Waals surface area contributed by atoms with E-state index in [1.807, 2.05) is 97.5 Å². The number of hydrogen-bond acceptors (Lipinski definition) is 10. The first kappa shape index (κ1) is 67.0. The molecular formula is C72H80F2N4O12. The van der Waals surface area contributed by atoms with E-state index >= 15 is 0 Å². The first-order valence-electron chi connectivity index (χ1n) is 30.7. The number of carbonyl (C=O) groups excluding carboxylic acids is 2. The maximum atomic E-state index is 14.7. The lowest BCUT2D eigenvalue weighted by Gasteiger charge is -2.20. The van der Waals surface area contributed by atoms with Gasteiger partial charge in [-0.15, -0.1) is 0 Å². The van der Waals surface area contributed by atoms with Gasteiger partial charge in [0.1, 0.15) is 23.1 Å². The fourth-order valence-electron chi connectivity index (χ4n) is 11.6. The number of amides is 2. The predicted molar refractivity (Wildman–Crippen MR) is 344 cm³/mol. The molecule has 2 aromatic heterocycles. The van der Waals surface area contributed by atoms with Crippen molar-refractivity contribution in [3.8, 4) is 56.3 Å². The first-order chi connectivity index (χ1) is 43.3. The van der Waals surface area contributed by atoms with Gasteiger partial charge in [-0.25, -0.2) is 8.78 Å². The zero-order valence-electron chi connectivity index (χ0n) is 51.2. The summed E-state index contributed by atoms with van der Waals surface area (Å²) in [6.45, 7) is 9.24. The zero-order valence-corrected chi connectivity index (χ0v) is 51.2. The van der Waals surface area contributed by atoms with Crippen LogP contribution in [0.5, 0.6) is 11.5 Å². The van der Waals surface area contributed by atoms with Gasteiger partial charge in [0.05, 0.1) is 73.0 Å². The van der Waals surface area contributed by atoms with Crippen molar-refractivity contribution in [3.05, 3.63) is 192 Å². The van der Waals surface area contributed by atoms with Crippen LogP contribution in [0.25, 0.3) is 44.8 Å². The number of anilines is 2. The van der Waals surface area contributed by atoms with Crippen molar-refractivity contribution < 1.29 is 68.1 Å². The van der Waals surface area contributed by atoms with Gasteiger partial charge < -0.3 is 59.9 Å². The lowest BCUT2D eigenvalue weighted by molar-refractivity contribution is -0.140. The van der Waals surface area contributed by atoms with Crippen LogP contribution in [0.15, 0.2) is 158 Å². The smallest absolute Gasteiger partial charge is 0.305 e. The highest BCUT2D eigenvalue weighted by Crippen LogP contribution is 2.45. The maximum absolute atomic E-state index is 14.7. The third kappa shape index (κ3) is 17.9. The van der Waals surface area contributed by atoms with Crippen LogP contribution in [-0.2, 0) is 22.7 Å². The highest BCUT2D eigenvalue weighted by molar-refractivity contribution is 6.13. The second-order valence-corrected chi connectivity index (χ2v) is 23.3. The molecule has 2 heterocycles. The molecule has 474 valence electrons. The second kappa shape index (κ2) is 32.0. The molecule has 0 aliphatic carbocycles. The molecule has 16 nitrogen and oxygen atoms in total. The van der Waals surface area contributed by atoms with Gasteiger partial charge in [-0.3, -0.25) is 19.2 Å². The first-order valence-corrected chi connectivity index (χ1v) is 30.7. The highest BCUT2D eigenvalue weighted by Gasteiger charge is 2.33. The number of rotatable bonds is 33. The number of halogens is 2. The lowest BCUT2D eigenvalue weighted by atomic mass is 9.94. The molecule has 0 aliphatic rings. The molecule has 8 N–H and O–H groups in total. The molecule has 0 aliphatic heterocycles. The van der Waals surface area contributed by atoms with Crippen molar-refractivity contribution in [2.45, 2.75) is 141 Å². The third-order valence-electron chi connectivity index (χ3n) is 15.6. The molecule has 4 atom stereocenters. The van der Waals surface area contributed by atoms with Crippen LogP contribution < -0.4 is 20.1 Å². The summed E-state index contributed by atoms with van der Waals surface area (Å²) in [4.78, 5) is 51.9. The summed E-state index contributed by atoms with van der Waals surface area (Å²) in [6.07, 6.45) is -2.23. The Morgan fingerprint density at radius 3 is 1.11 bits per heavy atom. The van der Waals surface area contributed by atoms with Crippen molar-refractivity contribution in [3.63, 3.8) is 0 Å². The quantitative estimate of drug-likeness (QED) is 0.0179. The number of carboxylic acid groups (broad SMARTS) is 2. The van der Waals surface area contributed by atoms with Crippen LogP contribution in [0.4, 0.5) is 20.2 Å². The molecule has 18 heteroatoms. The Bertz CT molecular complexity index is 3410. The van der Waals surface area contributed by atoms with E-state index in [9.17, 15) is 58.6 Å². The van der Waals surface area contributed by atoms with Gasteiger partial charge in [0.2, 0.25) is 0 Å². The molecule has 0 saturated heterocycles. The molecule has 8 rings (SSSR count). The van der Waals surface area contributed by atoms with Crippen molar-refractivity contribution in [2.75, 3.05) is 23.8 Å². The van der Waals surface area contributed by atoms with Crippen molar-refractivity contribution in [1.82, 2.24) is 9.13 Å². The molecular weight excluding hydrogens is 1150 g/mol. The van der Waals surface area contributed by atoms with Gasteiger partial charge in [-0.05, 0) is 183 Å². The highest BCUT2D eigenvalue weighted by atomic mass is 19.1. The van der Waals surface area contributed by atoms with E-state index in [4.69, 9.17) is 9.47 Å². The van der Waals surface area contributed by atoms with Crippen LogP contribution in [-0.4, -0.2) is 101 Å². The molecule has 0 spiro atoms. The van der Waals surface area contributed by atoms with E-state index in [1.54, 1.807) is 72.8 Å². The molecule has 0 fully saturated rings. The Morgan fingerprint density at radius 2 is 0.789 bits per heavy atom. The number of carbonyl (C=O) groups is 4. The maximum Gasteiger partial charge on any atom is 0.305 e. The number of unbranched alkanes of at least 4 members (excludes halogenated alkanes) is 3. The van der Waals surface area contributed by atoms with Crippen LogP contribution in [0, 0.1) is 11.6 Å². The van der Waals surface area contributed by atoms with Crippen LogP contribution >= 0.6 is 0 Å². The lowest BCUT2D eigenvalue weighted by Crippen LogP contribution is -2.22. The summed E-state index contributed by atoms with van der Waals surface area (Å²) < 4.78 is 44.9. The van der Waals surface area contributed by atoms with Crippen LogP contribution in [0.1, 0.15) is 136 Å². The predicted octanol–water partition coefficient (Wildman–Crippen LogP) is 14.0. The topological polar surface area (TPSA) is 242 Å². The number of aliphatic carboxylic acids is 2. The summed E-state index contributed by atoms with van der Waals surface area (Å²) in [5, 5.41) is 67.1. The summed E-state index contributed by atoms with van der Waals surface area (Å²) in [7, 11) is 0. The SMILES string of the molecule is CC(C)c1c(C(=O)Nc2ccc(OCCCCCCOc3ccc(NC(=O)c4c(-c5ccccc5)c(-c5ccc(F)cc5)n(CC[C@@H](O)C[C@@H](O)CC(=O)O)c4C(C)C)cc3)cc2)c(-c2ccccc2)c(-c2ccc(F)cc2)n1CC[C@@H](O)C[C@@H](O)CC(=O)O. The number of carboxylic acids is 2. The molecule has 0 saturated carbocycles. The average Bonchev–Trinajstić information content (AvgIpc) is 1.61. The number of nitrogens with zero attached hydrogens (tertiary/aromatic N) is 2. The number of hydrogen-bond donors (Lipinski definition) is 8. The van der Waals surface area contributed by atoms with Crippen LogP contribution in [0.2, 0.25) is 0 Å². The molecule has 0 unspecified atom stereocenters. The van der Waals surface area contributed by atoms with E-state index in [1.165, 1.54) is 24.3 Å². The number of aliphatic hydroxyl groups is 4. The van der Waals surface area contributed by atoms with E-state index < -0.39 is 60.8 Å². The number of aliphatic hydroxyl groups excluding tert-OH is 4. The van der Waals surface area contributed by atoms with Gasteiger partial charge in [0, 0.05) is 47.0 Å². The minimum absolute atomic E-state index is 0.140. The Hall–Kier alpha value is -8.94. The minimum atomic E-state index is -1.24. The Balaban J connectivity index is 0.866. The number of nitrogens with one attached hydrogen (secondary N) is 2. The van der Waals surface area contributed by atoms with Crippen molar-refractivity contribution in [2.24, 2.45) is 0 Å². The van der Waals surface area contributed by atoms with E-state index in [2.05, 4.69) is 10.6 Å². The fraction of sp³-hybridized carbons (Fsp3) is 0.333. The second-order valence-electron chi connectivity index (χ2n) is 23.3. The number of ether oxygens (including phenoxy) is 2. The monoisotopic (exact) mass is 1230 g/mol. The normalized spacial score (nSPS) is 12.8. The van der Waals surface area contributed by atoms with Gasteiger partial charge in [0.15, 0.2) is 0 Å². The third-order valence-corrected chi connectivity index (χ3v) is 15.6. The summed E-state index contributed by atoms with van der Waals surface area (Å²) in [6, 6.07) is 45.2. The Labute approximate surface area is 523 Å². The summed E-state index contributed by atoms with van der Waals surface area (Å²) in [5.41, 5.74) is 8.60. The van der Waals surface area contributed by atoms with E-state index in [0.717, 1.165) is 36.8 Å². The van der Waals surface area contributed by atoms with Gasteiger partial charge in [-0.2, -0.15) is 0 Å². The Morgan fingerprint density at radius 1 is 0.444 bits per heavy atom. The number of benzene rings is 6. The molecule has 0 radical (unpaired) electrons. The standard InChI is InChI=1S/C72H80F2N4O12/c1-45(2)67-65(63(47-15-9-7-10-16-47)69(49-19-23-51(73)24-20-49)77(67)37-35-55(79)41-57(81)43-61(83)84)71(87)75-53-27-31-59(32-28-53)89-39-13-5-6-14-40-90-60-33-29-54(30-34-60)76-72(88)66-64(48-17-11-8-12-18-48)70(50-21-25-52(74)26-22-50)78(68(66)46(3)4)38-36-56(80)42-58(82)44-62(85)86/h7-12,15-34,45-46,55-58,79-82H,5-6,13-14,35-44H2,1-4H3,(H,75,87)(H,76,88)(H,83,84)(H,85,86)/t55-,56-,57-,58-/m1/s1. The Kier molecular flexibility index (Phi) is 23.8. The molecule has 0 bridgehead atoms. The summed E-state index contributed by atoms with van der Waals surface area (Å²) >= 11 is 0. The average molecular weight is 1230 g/mol. The van der Waals surface area contributed by atoms with Gasteiger partial charge in [-0.1, -0.05) is 88.4 Å². The summed E-state index contributed by atoms with van der Waals surface area (Å²) in [5.74, 6) is -3.10. The van der Waals surface area contributed by atoms with Crippen LogP contribution in [0.3, 0.4) is 0 Å². The van der Waals surface area contributed by atoms with Gasteiger partial charge >= 0.3 is 11.9 Å². The molecule has 8 aromatic rings. The molecule has 90 heavy (non-hydrogen) atoms.